The Morgan fingerprint density at radius 2 is 2.36 bits per heavy atom. The molecule has 1 rings (SSSR count). The predicted molar refractivity (Wildman–Crippen MR) is 49.4 cm³/mol. The Kier molecular flexibility index (Phi) is 3.14. The third-order valence-corrected chi connectivity index (χ3v) is 1.99. The average molecular weight is 218 g/mol. The Bertz CT molecular complexity index is 349. The van der Waals surface area contributed by atoms with Gasteiger partial charge in [0.1, 0.15) is 5.76 Å². The van der Waals surface area contributed by atoms with Gasteiger partial charge in [0.15, 0.2) is 5.38 Å². The van der Waals surface area contributed by atoms with Gasteiger partial charge < -0.3 is 9.52 Å². The summed E-state index contributed by atoms with van der Waals surface area (Å²) in [5, 5.41) is 7.33. The third-order valence-electron chi connectivity index (χ3n) is 1.58. The Labute approximate surface area is 84.9 Å². The minimum atomic E-state index is -1.23. The van der Waals surface area contributed by atoms with Gasteiger partial charge >= 0.3 is 5.97 Å². The minimum absolute atomic E-state index is 0.0999. The molecular weight excluding hydrogens is 210 g/mol. The molecule has 5 nitrogen and oxygen atoms in total. The number of rotatable bonds is 4. The number of alkyl halides is 1. The molecule has 1 amide bonds. The fourth-order valence-electron chi connectivity index (χ4n) is 0.842. The van der Waals surface area contributed by atoms with Crippen LogP contribution in [0.15, 0.2) is 16.5 Å². The van der Waals surface area contributed by atoms with Crippen LogP contribution in [0.5, 0.6) is 0 Å². The number of carbonyl (C=O) groups is 2. The van der Waals surface area contributed by atoms with E-state index in [4.69, 9.17) is 21.1 Å². The van der Waals surface area contributed by atoms with Gasteiger partial charge in [-0.25, -0.2) is 0 Å². The van der Waals surface area contributed by atoms with E-state index >= 15 is 0 Å². The van der Waals surface area contributed by atoms with E-state index in [2.05, 4.69) is 0 Å². The van der Waals surface area contributed by atoms with E-state index in [9.17, 15) is 9.59 Å². The molecule has 76 valence electrons. The molecule has 0 aliphatic carbocycles. The van der Waals surface area contributed by atoms with E-state index in [0.717, 1.165) is 0 Å². The lowest BCUT2D eigenvalue weighted by atomic mass is 10.3. The van der Waals surface area contributed by atoms with E-state index in [1.54, 1.807) is 0 Å². The van der Waals surface area contributed by atoms with Gasteiger partial charge in [-0.3, -0.25) is 14.5 Å². The first-order valence-electron chi connectivity index (χ1n) is 3.71. The largest absolute Gasteiger partial charge is 0.480 e. The number of carboxylic acid groups (broad SMARTS) is 1. The molecular formula is C8H8ClNO4. The molecule has 1 unspecified atom stereocenters. The molecule has 0 saturated carbocycles. The predicted octanol–water partition coefficient (Wildman–Crippen LogP) is 1.24. The van der Waals surface area contributed by atoms with Gasteiger partial charge in [0, 0.05) is 13.1 Å². The van der Waals surface area contributed by atoms with Crippen LogP contribution in [0.1, 0.15) is 11.1 Å². The fraction of sp³-hybridized carbons (Fsp3) is 0.250. The lowest BCUT2D eigenvalue weighted by Crippen LogP contribution is -2.12. The molecule has 1 aromatic rings. The monoisotopic (exact) mass is 217 g/mol. The molecule has 0 radical (unpaired) electrons. The molecule has 1 N–H and O–H groups in total. The molecule has 14 heavy (non-hydrogen) atoms. The van der Waals surface area contributed by atoms with Gasteiger partial charge in [0.05, 0.1) is 0 Å². The maximum absolute atomic E-state index is 10.5. The third kappa shape index (κ3) is 2.05. The summed E-state index contributed by atoms with van der Waals surface area (Å²) in [5.74, 6) is -0.842. The molecule has 0 aromatic carbocycles. The first kappa shape index (κ1) is 10.6. The highest BCUT2D eigenvalue weighted by atomic mass is 35.5. The maximum atomic E-state index is 10.5. The highest BCUT2D eigenvalue weighted by Gasteiger charge is 2.20. The summed E-state index contributed by atoms with van der Waals surface area (Å²) in [6, 6.07) is 2.89. The van der Waals surface area contributed by atoms with Gasteiger partial charge in [-0.15, -0.1) is 11.6 Å². The van der Waals surface area contributed by atoms with Crippen LogP contribution >= 0.6 is 11.6 Å². The SMILES string of the molecule is CN(C=O)c1ccc(C(Cl)C(=O)O)o1. The van der Waals surface area contributed by atoms with Crippen molar-refractivity contribution in [3.63, 3.8) is 0 Å². The van der Waals surface area contributed by atoms with E-state index in [0.29, 0.717) is 6.41 Å². The van der Waals surface area contributed by atoms with E-state index < -0.39 is 11.3 Å². The molecule has 1 heterocycles. The van der Waals surface area contributed by atoms with Crippen molar-refractivity contribution in [3.8, 4) is 0 Å². The topological polar surface area (TPSA) is 70.8 Å². The summed E-state index contributed by atoms with van der Waals surface area (Å²) < 4.78 is 5.04. The molecule has 1 atom stereocenters. The first-order chi connectivity index (χ1) is 6.56. The summed E-state index contributed by atoms with van der Waals surface area (Å²) in [6.45, 7) is 0. The van der Waals surface area contributed by atoms with Gasteiger partial charge in [-0.2, -0.15) is 0 Å². The molecule has 0 aliphatic heterocycles. The molecule has 1 aromatic heterocycles. The number of anilines is 1. The van der Waals surface area contributed by atoms with E-state index in [-0.39, 0.29) is 11.6 Å². The molecule has 0 aliphatic rings. The van der Waals surface area contributed by atoms with Crippen LogP contribution in [-0.2, 0) is 9.59 Å². The van der Waals surface area contributed by atoms with Crippen molar-refractivity contribution in [2.45, 2.75) is 5.38 Å². The van der Waals surface area contributed by atoms with E-state index in [1.165, 1.54) is 24.1 Å². The maximum Gasteiger partial charge on any atom is 0.329 e. The lowest BCUT2D eigenvalue weighted by molar-refractivity contribution is -0.137. The molecule has 0 saturated heterocycles. The van der Waals surface area contributed by atoms with Crippen molar-refractivity contribution in [2.24, 2.45) is 0 Å². The smallest absolute Gasteiger partial charge is 0.329 e. The van der Waals surface area contributed by atoms with Crippen LogP contribution in [0, 0.1) is 0 Å². The summed E-state index contributed by atoms with van der Waals surface area (Å²) in [5.41, 5.74) is 0. The Hall–Kier alpha value is -1.49. The standard InChI is InChI=1S/C8H8ClNO4/c1-10(4-11)6-3-2-5(14-6)7(9)8(12)13/h2-4,7H,1H3,(H,12,13). The zero-order valence-electron chi connectivity index (χ0n) is 7.31. The lowest BCUT2D eigenvalue weighted by Gasteiger charge is -2.05. The van der Waals surface area contributed by atoms with Crippen LogP contribution in [0.2, 0.25) is 0 Å². The normalized spacial score (nSPS) is 12.1. The summed E-state index contributed by atoms with van der Waals surface area (Å²) in [7, 11) is 1.49. The Balaban J connectivity index is 2.87. The summed E-state index contributed by atoms with van der Waals surface area (Å²) in [4.78, 5) is 22.0. The highest BCUT2D eigenvalue weighted by molar-refractivity contribution is 6.29. The van der Waals surface area contributed by atoms with Crippen molar-refractivity contribution >= 4 is 29.9 Å². The number of furan rings is 1. The van der Waals surface area contributed by atoms with Crippen LogP contribution in [0.4, 0.5) is 5.88 Å². The van der Waals surface area contributed by atoms with Gasteiger partial charge in [0.25, 0.3) is 0 Å². The van der Waals surface area contributed by atoms with Crippen molar-refractivity contribution in [1.82, 2.24) is 0 Å². The number of carboxylic acids is 1. The van der Waals surface area contributed by atoms with E-state index in [1.807, 2.05) is 0 Å². The molecule has 0 spiro atoms. The van der Waals surface area contributed by atoms with Crippen LogP contribution < -0.4 is 4.90 Å². The average Bonchev–Trinajstić information content (AvgIpc) is 2.64. The highest BCUT2D eigenvalue weighted by Crippen LogP contribution is 2.26. The quantitative estimate of drug-likeness (QED) is 0.608. The van der Waals surface area contributed by atoms with Crippen molar-refractivity contribution in [1.29, 1.82) is 0 Å². The van der Waals surface area contributed by atoms with Gasteiger partial charge in [0.2, 0.25) is 12.3 Å². The second-order valence-electron chi connectivity index (χ2n) is 2.59. The number of hydrogen-bond acceptors (Lipinski definition) is 3. The van der Waals surface area contributed by atoms with Crippen molar-refractivity contribution < 1.29 is 19.1 Å². The van der Waals surface area contributed by atoms with Crippen molar-refractivity contribution in [3.05, 3.63) is 17.9 Å². The van der Waals surface area contributed by atoms with Gasteiger partial charge in [-0.05, 0) is 6.07 Å². The number of hydrogen-bond donors (Lipinski definition) is 1. The number of nitrogens with zero attached hydrogens (tertiary/aromatic N) is 1. The van der Waals surface area contributed by atoms with Crippen LogP contribution in [0.3, 0.4) is 0 Å². The number of amides is 1. The number of aliphatic carboxylic acids is 1. The second kappa shape index (κ2) is 4.15. The molecule has 6 heteroatoms. The van der Waals surface area contributed by atoms with Crippen LogP contribution in [-0.4, -0.2) is 24.5 Å². The summed E-state index contributed by atoms with van der Waals surface area (Å²) >= 11 is 5.50. The zero-order valence-corrected chi connectivity index (χ0v) is 8.06. The first-order valence-corrected chi connectivity index (χ1v) is 4.14. The fourth-order valence-corrected chi connectivity index (χ4v) is 0.959. The molecule has 0 fully saturated rings. The van der Waals surface area contributed by atoms with Crippen molar-refractivity contribution in [2.75, 3.05) is 11.9 Å². The second-order valence-corrected chi connectivity index (χ2v) is 3.03. The summed E-state index contributed by atoms with van der Waals surface area (Å²) in [6.07, 6.45) is 0.548. The van der Waals surface area contributed by atoms with Crippen LogP contribution in [0.25, 0.3) is 0 Å². The van der Waals surface area contributed by atoms with Gasteiger partial charge in [-0.1, -0.05) is 0 Å². The minimum Gasteiger partial charge on any atom is -0.480 e. The Morgan fingerprint density at radius 1 is 1.71 bits per heavy atom. The molecule has 0 bridgehead atoms. The number of halogens is 1. The Morgan fingerprint density at radius 3 is 2.86 bits per heavy atom. The zero-order chi connectivity index (χ0) is 10.7. The number of carbonyl (C=O) groups excluding carboxylic acids is 1.